The molecular weight excluding hydrogens is 302 g/mol. The van der Waals surface area contributed by atoms with E-state index in [4.69, 9.17) is 9.16 Å². The molecule has 0 N–H and O–H groups in total. The minimum absolute atomic E-state index is 0.119. The van der Waals surface area contributed by atoms with E-state index >= 15 is 0 Å². The molecule has 1 heterocycles. The van der Waals surface area contributed by atoms with Gasteiger partial charge >= 0.3 is 5.97 Å². The van der Waals surface area contributed by atoms with E-state index in [1.54, 1.807) is 13.0 Å². The molecule has 0 aliphatic heterocycles. The molecule has 118 valence electrons. The minimum Gasteiger partial charge on any atom is -0.462 e. The molecule has 0 unspecified atom stereocenters. The topological polar surface area (TPSA) is 48.4 Å². The molecule has 0 fully saturated rings. The predicted octanol–water partition coefficient (Wildman–Crippen LogP) is 4.48. The summed E-state index contributed by atoms with van der Waals surface area (Å²) in [7, 11) is -1.88. The predicted molar refractivity (Wildman–Crippen MR) is 90.1 cm³/mol. The Labute approximate surface area is 132 Å². The highest BCUT2D eigenvalue weighted by molar-refractivity contribution is 7.14. The van der Waals surface area contributed by atoms with Crippen molar-refractivity contribution in [3.63, 3.8) is 0 Å². The average molecular weight is 328 g/mol. The van der Waals surface area contributed by atoms with Crippen LogP contribution in [0.15, 0.2) is 6.58 Å². The van der Waals surface area contributed by atoms with Gasteiger partial charge in [0.05, 0.1) is 18.9 Å². The number of aromatic nitrogens is 1. The third kappa shape index (κ3) is 4.49. The monoisotopic (exact) mass is 327 g/mol. The van der Waals surface area contributed by atoms with Gasteiger partial charge in [0.15, 0.2) is 8.32 Å². The van der Waals surface area contributed by atoms with E-state index in [0.29, 0.717) is 28.8 Å². The highest BCUT2D eigenvalue weighted by atomic mass is 32.1. The first-order chi connectivity index (χ1) is 9.62. The van der Waals surface area contributed by atoms with Gasteiger partial charge in [-0.3, -0.25) is 0 Å². The van der Waals surface area contributed by atoms with Gasteiger partial charge in [0.2, 0.25) is 0 Å². The van der Waals surface area contributed by atoms with Crippen LogP contribution in [0.2, 0.25) is 18.1 Å². The molecule has 1 rings (SSSR count). The molecule has 0 saturated heterocycles. The summed E-state index contributed by atoms with van der Waals surface area (Å²) >= 11 is 1.30. The lowest BCUT2D eigenvalue weighted by Gasteiger charge is -2.35. The lowest BCUT2D eigenvalue weighted by molar-refractivity contribution is 0.0528. The number of esters is 1. The Morgan fingerprint density at radius 3 is 2.52 bits per heavy atom. The summed E-state index contributed by atoms with van der Waals surface area (Å²) in [5.41, 5.74) is 0.651. The van der Waals surface area contributed by atoms with Gasteiger partial charge in [-0.25, -0.2) is 9.78 Å². The van der Waals surface area contributed by atoms with Gasteiger partial charge in [-0.05, 0) is 31.1 Å². The molecule has 0 aliphatic rings. The van der Waals surface area contributed by atoms with Crippen molar-refractivity contribution in [1.82, 2.24) is 4.98 Å². The molecule has 4 nitrogen and oxygen atoms in total. The molecule has 1 aromatic heterocycles. The van der Waals surface area contributed by atoms with Crippen molar-refractivity contribution in [2.45, 2.75) is 52.4 Å². The van der Waals surface area contributed by atoms with Crippen LogP contribution in [0.3, 0.4) is 0 Å². The lowest BCUT2D eigenvalue weighted by Crippen LogP contribution is -2.40. The van der Waals surface area contributed by atoms with E-state index in [9.17, 15) is 4.79 Å². The molecule has 6 heteroatoms. The number of ether oxygens (including phenoxy) is 1. The van der Waals surface area contributed by atoms with Gasteiger partial charge in [-0.2, -0.15) is 0 Å². The number of carbonyl (C=O) groups is 1. The van der Waals surface area contributed by atoms with Gasteiger partial charge in [-0.1, -0.05) is 27.4 Å². The van der Waals surface area contributed by atoms with E-state index in [0.717, 1.165) is 0 Å². The zero-order valence-corrected chi connectivity index (χ0v) is 15.6. The fraction of sp³-hybridized carbons (Fsp3) is 0.600. The molecule has 21 heavy (non-hydrogen) atoms. The van der Waals surface area contributed by atoms with Gasteiger partial charge in [0.25, 0.3) is 0 Å². The summed E-state index contributed by atoms with van der Waals surface area (Å²) in [4.78, 5) is 16.9. The van der Waals surface area contributed by atoms with E-state index in [-0.39, 0.29) is 11.0 Å². The van der Waals surface area contributed by atoms with Crippen LogP contribution in [-0.2, 0) is 15.8 Å². The van der Waals surface area contributed by atoms with Gasteiger partial charge in [0, 0.05) is 0 Å². The van der Waals surface area contributed by atoms with Crippen LogP contribution >= 0.6 is 11.3 Å². The molecule has 1 aromatic rings. The third-order valence-electron chi connectivity index (χ3n) is 3.73. The first-order valence-electron chi connectivity index (χ1n) is 7.05. The number of rotatable bonds is 6. The summed E-state index contributed by atoms with van der Waals surface area (Å²) in [6.45, 7) is 17.1. The summed E-state index contributed by atoms with van der Waals surface area (Å²) in [5, 5.41) is 0.834. The largest absolute Gasteiger partial charge is 0.462 e. The van der Waals surface area contributed by atoms with Crippen molar-refractivity contribution in [1.29, 1.82) is 0 Å². The van der Waals surface area contributed by atoms with E-state index in [2.05, 4.69) is 45.4 Å². The lowest BCUT2D eigenvalue weighted by atomic mass is 10.2. The molecule has 0 bridgehead atoms. The maximum absolute atomic E-state index is 12.0. The quantitative estimate of drug-likeness (QED) is 0.571. The maximum Gasteiger partial charge on any atom is 0.350 e. The summed E-state index contributed by atoms with van der Waals surface area (Å²) in [6, 6.07) is 0. The van der Waals surface area contributed by atoms with Crippen LogP contribution in [0.1, 0.15) is 48.1 Å². The van der Waals surface area contributed by atoms with Crippen LogP contribution < -0.4 is 0 Å². The van der Waals surface area contributed by atoms with Crippen LogP contribution in [0.4, 0.5) is 0 Å². The Hall–Kier alpha value is -0.983. The van der Waals surface area contributed by atoms with E-state index < -0.39 is 8.32 Å². The summed E-state index contributed by atoms with van der Waals surface area (Å²) < 4.78 is 11.2. The Morgan fingerprint density at radius 2 is 2.05 bits per heavy atom. The van der Waals surface area contributed by atoms with Crippen LogP contribution in [0.25, 0.3) is 6.08 Å². The Kier molecular flexibility index (Phi) is 5.89. The maximum atomic E-state index is 12.0. The molecule has 0 amide bonds. The molecule has 0 spiro atoms. The normalized spacial score (nSPS) is 12.3. The van der Waals surface area contributed by atoms with E-state index in [1.807, 2.05) is 0 Å². The van der Waals surface area contributed by atoms with Crippen LogP contribution in [-0.4, -0.2) is 25.9 Å². The minimum atomic E-state index is -1.88. The number of hydrogen-bond donors (Lipinski definition) is 0. The highest BCUT2D eigenvalue weighted by Gasteiger charge is 2.37. The third-order valence-corrected chi connectivity index (χ3v) is 9.28. The molecule has 0 atom stereocenters. The van der Waals surface area contributed by atoms with Gasteiger partial charge < -0.3 is 9.16 Å². The van der Waals surface area contributed by atoms with Crippen molar-refractivity contribution in [3.8, 4) is 0 Å². The fourth-order valence-corrected chi connectivity index (χ4v) is 3.12. The second kappa shape index (κ2) is 6.85. The van der Waals surface area contributed by atoms with Crippen LogP contribution in [0, 0.1) is 0 Å². The number of nitrogens with zero attached hydrogens (tertiary/aromatic N) is 1. The Morgan fingerprint density at radius 1 is 1.43 bits per heavy atom. The van der Waals surface area contributed by atoms with Crippen LogP contribution in [0.5, 0.6) is 0 Å². The zero-order valence-electron chi connectivity index (χ0n) is 13.8. The zero-order chi connectivity index (χ0) is 16.3. The van der Waals surface area contributed by atoms with Crippen molar-refractivity contribution >= 4 is 31.7 Å². The fourth-order valence-electron chi connectivity index (χ4n) is 1.38. The number of carbonyl (C=O) groups excluding carboxylic acids is 1. The SMILES string of the molecule is C=Cc1nc(CO[Si](C)(C)C(C)(C)C)c(C(=O)OCC)s1. The Bertz CT molecular complexity index is 517. The van der Waals surface area contributed by atoms with E-state index in [1.165, 1.54) is 11.3 Å². The number of hydrogen-bond acceptors (Lipinski definition) is 5. The first-order valence-corrected chi connectivity index (χ1v) is 10.8. The highest BCUT2D eigenvalue weighted by Crippen LogP contribution is 2.37. The Balaban J connectivity index is 2.95. The van der Waals surface area contributed by atoms with Gasteiger partial charge in [-0.15, -0.1) is 11.3 Å². The molecule has 0 radical (unpaired) electrons. The van der Waals surface area contributed by atoms with Gasteiger partial charge in [0.1, 0.15) is 9.88 Å². The van der Waals surface area contributed by atoms with Crippen molar-refractivity contribution < 1.29 is 14.0 Å². The number of thiazole rings is 1. The molecule has 0 aliphatic carbocycles. The smallest absolute Gasteiger partial charge is 0.350 e. The first kappa shape index (κ1) is 18.1. The second-order valence-electron chi connectivity index (χ2n) is 6.30. The van der Waals surface area contributed by atoms with Crippen molar-refractivity contribution in [3.05, 3.63) is 22.2 Å². The second-order valence-corrected chi connectivity index (χ2v) is 12.1. The summed E-state index contributed by atoms with van der Waals surface area (Å²) in [5.74, 6) is -0.336. The standard InChI is InChI=1S/C15H25NO3SSi/c1-8-12-16-11(13(20-12)14(17)18-9-2)10-19-21(6,7)15(3,4)5/h8H,1,9-10H2,2-7H3. The average Bonchev–Trinajstić information content (AvgIpc) is 2.79. The molecule has 0 saturated carbocycles. The molecule has 0 aromatic carbocycles. The molecular formula is C15H25NO3SSi. The van der Waals surface area contributed by atoms with Crippen molar-refractivity contribution in [2.24, 2.45) is 0 Å². The summed E-state index contributed by atoms with van der Waals surface area (Å²) in [6.07, 6.45) is 1.64. The van der Waals surface area contributed by atoms with Crippen molar-refractivity contribution in [2.75, 3.05) is 6.61 Å².